The molecule has 2 heterocycles. The fraction of sp³-hybridized carbons (Fsp3) is 0.250. The Morgan fingerprint density at radius 3 is 2.72 bits per heavy atom. The number of anilines is 2. The average Bonchev–Trinajstić information content (AvgIpc) is 2.40. The van der Waals surface area contributed by atoms with Crippen LogP contribution in [0, 0.1) is 6.92 Å². The quantitative estimate of drug-likeness (QED) is 0.887. The van der Waals surface area contributed by atoms with E-state index in [0.717, 1.165) is 11.3 Å². The Labute approximate surface area is 111 Å². The lowest BCUT2D eigenvalue weighted by Crippen LogP contribution is -2.05. The first-order chi connectivity index (χ1) is 8.69. The molecule has 0 aliphatic rings. The van der Waals surface area contributed by atoms with Crippen LogP contribution >= 0.6 is 11.6 Å². The maximum absolute atomic E-state index is 6.01. The molecule has 0 saturated carbocycles. The van der Waals surface area contributed by atoms with Crippen LogP contribution in [0.5, 0.6) is 0 Å². The molecule has 0 bridgehead atoms. The molecule has 18 heavy (non-hydrogen) atoms. The van der Waals surface area contributed by atoms with E-state index in [1.54, 1.807) is 13.2 Å². The van der Waals surface area contributed by atoms with Gasteiger partial charge in [0.05, 0.1) is 6.20 Å². The predicted molar refractivity (Wildman–Crippen MR) is 72.9 cm³/mol. The molecule has 94 valence electrons. The third-order valence-corrected chi connectivity index (χ3v) is 2.68. The summed E-state index contributed by atoms with van der Waals surface area (Å²) in [5, 5.41) is 6.52. The lowest BCUT2D eigenvalue weighted by molar-refractivity contribution is 1.05. The normalized spacial score (nSPS) is 10.2. The van der Waals surface area contributed by atoms with E-state index < -0.39 is 0 Å². The Morgan fingerprint density at radius 1 is 1.22 bits per heavy atom. The van der Waals surface area contributed by atoms with Gasteiger partial charge in [0.1, 0.15) is 5.02 Å². The third-order valence-electron chi connectivity index (χ3n) is 2.40. The minimum atomic E-state index is 0.495. The minimum absolute atomic E-state index is 0.495. The van der Waals surface area contributed by atoms with Crippen LogP contribution in [0.2, 0.25) is 5.02 Å². The van der Waals surface area contributed by atoms with E-state index in [-0.39, 0.29) is 0 Å². The van der Waals surface area contributed by atoms with Gasteiger partial charge in [-0.1, -0.05) is 17.7 Å². The maximum Gasteiger partial charge on any atom is 0.224 e. The van der Waals surface area contributed by atoms with E-state index in [1.807, 2.05) is 25.3 Å². The van der Waals surface area contributed by atoms with Gasteiger partial charge in [-0.15, -0.1) is 0 Å². The van der Waals surface area contributed by atoms with Crippen molar-refractivity contribution in [3.63, 3.8) is 0 Å². The summed E-state index contributed by atoms with van der Waals surface area (Å²) in [6.45, 7) is 2.57. The third kappa shape index (κ3) is 3.07. The van der Waals surface area contributed by atoms with Crippen LogP contribution in [0.15, 0.2) is 24.5 Å². The molecule has 0 saturated heterocycles. The molecule has 0 unspecified atom stereocenters. The van der Waals surface area contributed by atoms with Crippen LogP contribution in [0.3, 0.4) is 0 Å². The maximum atomic E-state index is 6.01. The fourth-order valence-corrected chi connectivity index (χ4v) is 1.56. The Balaban J connectivity index is 2.07. The summed E-state index contributed by atoms with van der Waals surface area (Å²) >= 11 is 6.01. The molecule has 0 aliphatic heterocycles. The Hall–Kier alpha value is -1.88. The molecule has 2 rings (SSSR count). The van der Waals surface area contributed by atoms with Gasteiger partial charge in [-0.25, -0.2) is 4.98 Å². The Morgan fingerprint density at radius 2 is 2.06 bits per heavy atom. The summed E-state index contributed by atoms with van der Waals surface area (Å²) in [6, 6.07) is 3.99. The van der Waals surface area contributed by atoms with Crippen molar-refractivity contribution in [1.29, 1.82) is 0 Å². The largest absolute Gasteiger partial charge is 0.365 e. The molecule has 2 aromatic rings. The van der Waals surface area contributed by atoms with E-state index in [9.17, 15) is 0 Å². The molecule has 0 fully saturated rings. The summed E-state index contributed by atoms with van der Waals surface area (Å²) < 4.78 is 0. The molecule has 0 amide bonds. The smallest absolute Gasteiger partial charge is 0.224 e. The van der Waals surface area contributed by atoms with Gasteiger partial charge in [-0.05, 0) is 18.6 Å². The highest BCUT2D eigenvalue weighted by Crippen LogP contribution is 2.19. The van der Waals surface area contributed by atoms with Gasteiger partial charge in [0.15, 0.2) is 5.82 Å². The SMILES string of the molecule is CNc1ncc(Cl)c(NCc2ccc(C)nc2)n1. The molecule has 0 aliphatic carbocycles. The van der Waals surface area contributed by atoms with E-state index >= 15 is 0 Å². The van der Waals surface area contributed by atoms with Gasteiger partial charge in [0, 0.05) is 25.5 Å². The van der Waals surface area contributed by atoms with E-state index in [4.69, 9.17) is 11.6 Å². The number of rotatable bonds is 4. The number of hydrogen-bond donors (Lipinski definition) is 2. The average molecular weight is 264 g/mol. The molecule has 0 radical (unpaired) electrons. The zero-order chi connectivity index (χ0) is 13.0. The van der Waals surface area contributed by atoms with E-state index in [1.165, 1.54) is 0 Å². The second kappa shape index (κ2) is 5.64. The van der Waals surface area contributed by atoms with Crippen LogP contribution in [-0.2, 0) is 6.54 Å². The first kappa shape index (κ1) is 12.6. The van der Waals surface area contributed by atoms with Crippen LogP contribution in [0.1, 0.15) is 11.3 Å². The van der Waals surface area contributed by atoms with Gasteiger partial charge in [0.25, 0.3) is 0 Å². The zero-order valence-corrected chi connectivity index (χ0v) is 11.0. The van der Waals surface area contributed by atoms with Crippen molar-refractivity contribution < 1.29 is 0 Å². The molecule has 2 aromatic heterocycles. The van der Waals surface area contributed by atoms with Crippen molar-refractivity contribution >= 4 is 23.4 Å². The fourth-order valence-electron chi connectivity index (χ4n) is 1.40. The van der Waals surface area contributed by atoms with Gasteiger partial charge in [-0.3, -0.25) is 4.98 Å². The van der Waals surface area contributed by atoms with Crippen LogP contribution < -0.4 is 10.6 Å². The molecule has 5 nitrogen and oxygen atoms in total. The van der Waals surface area contributed by atoms with Crippen molar-refractivity contribution in [3.05, 3.63) is 40.8 Å². The number of nitrogens with zero attached hydrogens (tertiary/aromatic N) is 3. The second-order valence-electron chi connectivity index (χ2n) is 3.80. The highest BCUT2D eigenvalue weighted by Gasteiger charge is 2.04. The van der Waals surface area contributed by atoms with Crippen molar-refractivity contribution in [2.75, 3.05) is 17.7 Å². The minimum Gasteiger partial charge on any atom is -0.365 e. The predicted octanol–water partition coefficient (Wildman–Crippen LogP) is 2.49. The van der Waals surface area contributed by atoms with Crippen molar-refractivity contribution in [2.45, 2.75) is 13.5 Å². The lowest BCUT2D eigenvalue weighted by Gasteiger charge is -2.08. The number of pyridine rings is 1. The number of aryl methyl sites for hydroxylation is 1. The summed E-state index contributed by atoms with van der Waals surface area (Å²) in [6.07, 6.45) is 3.40. The molecule has 0 atom stereocenters. The summed E-state index contributed by atoms with van der Waals surface area (Å²) in [7, 11) is 1.76. The number of nitrogens with one attached hydrogen (secondary N) is 2. The van der Waals surface area contributed by atoms with E-state index in [0.29, 0.717) is 23.3 Å². The Kier molecular flexibility index (Phi) is 3.94. The highest BCUT2D eigenvalue weighted by molar-refractivity contribution is 6.32. The van der Waals surface area contributed by atoms with Gasteiger partial charge < -0.3 is 10.6 Å². The molecular weight excluding hydrogens is 250 g/mol. The van der Waals surface area contributed by atoms with Crippen molar-refractivity contribution in [2.24, 2.45) is 0 Å². The molecule has 0 spiro atoms. The topological polar surface area (TPSA) is 62.7 Å². The van der Waals surface area contributed by atoms with Gasteiger partial charge in [-0.2, -0.15) is 4.98 Å². The van der Waals surface area contributed by atoms with Crippen molar-refractivity contribution in [1.82, 2.24) is 15.0 Å². The second-order valence-corrected chi connectivity index (χ2v) is 4.21. The lowest BCUT2D eigenvalue weighted by atomic mass is 10.2. The number of hydrogen-bond acceptors (Lipinski definition) is 5. The summed E-state index contributed by atoms with van der Waals surface area (Å²) in [4.78, 5) is 12.5. The molecule has 6 heteroatoms. The molecule has 0 aromatic carbocycles. The molecular formula is C12H14ClN5. The van der Waals surface area contributed by atoms with Crippen LogP contribution in [-0.4, -0.2) is 22.0 Å². The highest BCUT2D eigenvalue weighted by atomic mass is 35.5. The van der Waals surface area contributed by atoms with Gasteiger partial charge >= 0.3 is 0 Å². The standard InChI is InChI=1S/C12H14ClN5/c1-8-3-4-9(5-15-8)6-16-11-10(13)7-17-12(14-2)18-11/h3-5,7H,6H2,1-2H3,(H2,14,16,17,18). The zero-order valence-electron chi connectivity index (χ0n) is 10.2. The van der Waals surface area contributed by atoms with Crippen LogP contribution in [0.4, 0.5) is 11.8 Å². The molecule has 2 N–H and O–H groups in total. The van der Waals surface area contributed by atoms with Gasteiger partial charge in [0.2, 0.25) is 5.95 Å². The summed E-state index contributed by atoms with van der Waals surface area (Å²) in [5.74, 6) is 1.14. The number of aromatic nitrogens is 3. The Bertz CT molecular complexity index is 526. The van der Waals surface area contributed by atoms with Crippen LogP contribution in [0.25, 0.3) is 0 Å². The monoisotopic (exact) mass is 263 g/mol. The first-order valence-corrected chi connectivity index (χ1v) is 5.92. The van der Waals surface area contributed by atoms with E-state index in [2.05, 4.69) is 25.6 Å². The number of halogens is 1. The summed E-state index contributed by atoms with van der Waals surface area (Å²) in [5.41, 5.74) is 2.07. The van der Waals surface area contributed by atoms with Crippen molar-refractivity contribution in [3.8, 4) is 0 Å². The first-order valence-electron chi connectivity index (χ1n) is 5.54.